The Morgan fingerprint density at radius 3 is 2.92 bits per heavy atom. The third-order valence-electron chi connectivity index (χ3n) is 8.73. The third kappa shape index (κ3) is 7.41. The highest BCUT2D eigenvalue weighted by Crippen LogP contribution is 2.46. The van der Waals surface area contributed by atoms with Gasteiger partial charge in [-0.05, 0) is 80.2 Å². The number of nitrogens with zero attached hydrogens (tertiary/aromatic N) is 2. The van der Waals surface area contributed by atoms with Crippen LogP contribution in [0, 0.1) is 5.92 Å². The lowest BCUT2D eigenvalue weighted by Crippen LogP contribution is -2.36. The first-order valence-corrected chi connectivity index (χ1v) is 16.0. The summed E-state index contributed by atoms with van der Waals surface area (Å²) in [5.74, 6) is 1.34. The first-order chi connectivity index (χ1) is 19.4. The molecule has 0 amide bonds. The lowest BCUT2D eigenvalue weighted by molar-refractivity contribution is -0.147. The molecule has 3 unspecified atom stereocenters. The van der Waals surface area contributed by atoms with Gasteiger partial charge in [0.25, 0.3) is 0 Å². The summed E-state index contributed by atoms with van der Waals surface area (Å²) in [6.45, 7) is 4.61. The van der Waals surface area contributed by atoms with Gasteiger partial charge in [-0.25, -0.2) is 9.78 Å². The Morgan fingerprint density at radius 1 is 1.23 bits per heavy atom. The van der Waals surface area contributed by atoms with E-state index in [1.165, 1.54) is 24.8 Å². The molecule has 218 valence electrons. The Kier molecular flexibility index (Phi) is 10.5. The first kappa shape index (κ1) is 29.9. The van der Waals surface area contributed by atoms with Crippen molar-refractivity contribution in [2.75, 3.05) is 45.3 Å². The SMILES string of the molecule is COC(=O)C(c1ccccc1CO[C@H]1CCOC1)N1CC[C@@H](C(P)(P)CCCCc2ccc3c(n2)NCCC3)C1. The minimum Gasteiger partial charge on any atom is -0.468 e. The van der Waals surface area contributed by atoms with Gasteiger partial charge >= 0.3 is 5.97 Å². The van der Waals surface area contributed by atoms with E-state index in [0.717, 1.165) is 88.1 Å². The molecule has 3 aliphatic rings. The molecule has 2 saturated heterocycles. The number of nitrogens with one attached hydrogen (secondary N) is 1. The molecule has 5 rings (SSSR count). The molecule has 1 aromatic carbocycles. The highest BCUT2D eigenvalue weighted by atomic mass is 31.1. The molecule has 2 aromatic rings. The number of unbranched alkanes of at least 4 members (excludes halogenated alkanes) is 1. The van der Waals surface area contributed by atoms with Crippen LogP contribution in [0.4, 0.5) is 5.82 Å². The maximum atomic E-state index is 13.2. The molecule has 7 nitrogen and oxygen atoms in total. The average molecular weight is 586 g/mol. The summed E-state index contributed by atoms with van der Waals surface area (Å²) in [7, 11) is 7.74. The Labute approximate surface area is 243 Å². The molecule has 0 aliphatic carbocycles. The second-order valence-corrected chi connectivity index (χ2v) is 14.4. The molecule has 2 fully saturated rings. The number of pyridine rings is 1. The van der Waals surface area contributed by atoms with E-state index in [-0.39, 0.29) is 17.0 Å². The van der Waals surface area contributed by atoms with Crippen LogP contribution in [0.2, 0.25) is 0 Å². The summed E-state index contributed by atoms with van der Waals surface area (Å²) in [5.41, 5.74) is 4.56. The third-order valence-corrected chi connectivity index (χ3v) is 10.2. The van der Waals surface area contributed by atoms with Gasteiger partial charge in [0.15, 0.2) is 0 Å². The van der Waals surface area contributed by atoms with Gasteiger partial charge in [0.2, 0.25) is 0 Å². The van der Waals surface area contributed by atoms with Gasteiger partial charge < -0.3 is 19.5 Å². The van der Waals surface area contributed by atoms with Crippen molar-refractivity contribution in [1.82, 2.24) is 9.88 Å². The van der Waals surface area contributed by atoms with E-state index in [1.54, 1.807) is 0 Å². The fourth-order valence-electron chi connectivity index (χ4n) is 6.28. The lowest BCUT2D eigenvalue weighted by Gasteiger charge is -2.33. The van der Waals surface area contributed by atoms with Crippen molar-refractivity contribution in [3.05, 3.63) is 58.8 Å². The fraction of sp³-hybridized carbons (Fsp3) is 0.613. The molecule has 9 heteroatoms. The molecular formula is C31H45N3O4P2. The maximum Gasteiger partial charge on any atom is 0.327 e. The van der Waals surface area contributed by atoms with Crippen LogP contribution in [0.15, 0.2) is 36.4 Å². The molecule has 0 bridgehead atoms. The van der Waals surface area contributed by atoms with Crippen LogP contribution in [0.5, 0.6) is 0 Å². The van der Waals surface area contributed by atoms with Crippen molar-refractivity contribution in [2.24, 2.45) is 5.92 Å². The number of aryl methyl sites for hydroxylation is 2. The van der Waals surface area contributed by atoms with E-state index < -0.39 is 6.04 Å². The number of carbonyl (C=O) groups is 1. The molecule has 4 heterocycles. The first-order valence-electron chi connectivity index (χ1n) is 14.8. The van der Waals surface area contributed by atoms with Gasteiger partial charge in [0.05, 0.1) is 26.4 Å². The zero-order valence-corrected chi connectivity index (χ0v) is 26.1. The Morgan fingerprint density at radius 2 is 2.10 bits per heavy atom. The second kappa shape index (κ2) is 14.0. The van der Waals surface area contributed by atoms with Gasteiger partial charge in [0.1, 0.15) is 11.9 Å². The largest absolute Gasteiger partial charge is 0.468 e. The normalized spacial score (nSPS) is 22.1. The number of carbonyl (C=O) groups excluding carboxylic acids is 1. The molecular weight excluding hydrogens is 540 g/mol. The van der Waals surface area contributed by atoms with Crippen LogP contribution in [-0.4, -0.2) is 66.8 Å². The van der Waals surface area contributed by atoms with Crippen molar-refractivity contribution in [1.29, 1.82) is 0 Å². The van der Waals surface area contributed by atoms with Crippen molar-refractivity contribution in [3.63, 3.8) is 0 Å². The van der Waals surface area contributed by atoms with Crippen molar-refractivity contribution in [2.45, 2.75) is 75.0 Å². The van der Waals surface area contributed by atoms with Crippen LogP contribution in [-0.2, 0) is 38.5 Å². The van der Waals surface area contributed by atoms with Gasteiger partial charge in [-0.3, -0.25) is 4.90 Å². The minimum absolute atomic E-state index is 0.0331. The monoisotopic (exact) mass is 585 g/mol. The average Bonchev–Trinajstić information content (AvgIpc) is 3.68. The van der Waals surface area contributed by atoms with Gasteiger partial charge in [-0.2, -0.15) is 0 Å². The second-order valence-electron chi connectivity index (χ2n) is 11.6. The Balaban J connectivity index is 1.17. The van der Waals surface area contributed by atoms with Crippen molar-refractivity contribution >= 4 is 30.3 Å². The number of fused-ring (bicyclic) bond motifs is 1. The van der Waals surface area contributed by atoms with Crippen LogP contribution in [0.25, 0.3) is 0 Å². The molecule has 1 aromatic heterocycles. The maximum absolute atomic E-state index is 13.2. The molecule has 0 radical (unpaired) electrons. The number of benzene rings is 1. The molecule has 40 heavy (non-hydrogen) atoms. The summed E-state index contributed by atoms with van der Waals surface area (Å²) in [4.78, 5) is 20.4. The highest BCUT2D eigenvalue weighted by molar-refractivity contribution is 7.39. The summed E-state index contributed by atoms with van der Waals surface area (Å²) < 4.78 is 16.9. The number of methoxy groups -OCH3 is 1. The zero-order valence-electron chi connectivity index (χ0n) is 23.8. The van der Waals surface area contributed by atoms with Crippen molar-refractivity contribution < 1.29 is 19.0 Å². The fourth-order valence-corrected chi connectivity index (χ4v) is 7.23. The van der Waals surface area contributed by atoms with Crippen LogP contribution >= 0.6 is 18.5 Å². The molecule has 0 saturated carbocycles. The van der Waals surface area contributed by atoms with Gasteiger partial charge in [-0.1, -0.05) is 36.8 Å². The number of hydrogen-bond acceptors (Lipinski definition) is 7. The smallest absolute Gasteiger partial charge is 0.327 e. The summed E-state index contributed by atoms with van der Waals surface area (Å²) in [6, 6.07) is 12.2. The molecule has 3 aliphatic heterocycles. The zero-order chi connectivity index (χ0) is 28.0. The quantitative estimate of drug-likeness (QED) is 0.210. The standard InChI is InChI=1S/C31H45N3O4P2/c1-36-30(35)28(27-10-3-2-7-23(27)20-38-26-14-18-37-21-26)34-17-13-24(19-34)31(39,40)15-5-4-9-25-12-11-22-8-6-16-32-29(22)33-25/h2-3,7,10-12,24,26,28H,4-6,8-9,13-21,39-40H2,1H3,(H,32,33)/t24-,26+,28?/m1/s1. The van der Waals surface area contributed by atoms with Crippen molar-refractivity contribution in [3.8, 4) is 0 Å². The van der Waals surface area contributed by atoms with E-state index in [1.807, 2.05) is 12.1 Å². The van der Waals surface area contributed by atoms with Crippen LogP contribution in [0.1, 0.15) is 67.0 Å². The summed E-state index contributed by atoms with van der Waals surface area (Å²) in [5, 5.41) is 3.45. The molecule has 0 spiro atoms. The number of ether oxygens (including phenoxy) is 3. The molecule has 1 N–H and O–H groups in total. The number of rotatable bonds is 12. The van der Waals surface area contributed by atoms with E-state index in [4.69, 9.17) is 19.2 Å². The highest BCUT2D eigenvalue weighted by Gasteiger charge is 2.41. The number of anilines is 1. The number of aromatic nitrogens is 1. The van der Waals surface area contributed by atoms with E-state index in [0.29, 0.717) is 19.1 Å². The van der Waals surface area contributed by atoms with Gasteiger partial charge in [0, 0.05) is 30.3 Å². The minimum atomic E-state index is -0.427. The summed E-state index contributed by atoms with van der Waals surface area (Å²) >= 11 is 0. The topological polar surface area (TPSA) is 72.9 Å². The number of hydrogen-bond donors (Lipinski definition) is 1. The number of esters is 1. The lowest BCUT2D eigenvalue weighted by atomic mass is 9.97. The van der Waals surface area contributed by atoms with E-state index in [2.05, 4.69) is 53.0 Å². The predicted octanol–water partition coefficient (Wildman–Crippen LogP) is 5.14. The van der Waals surface area contributed by atoms with E-state index in [9.17, 15) is 4.79 Å². The summed E-state index contributed by atoms with van der Waals surface area (Å²) in [6.07, 6.45) is 8.78. The Bertz CT molecular complexity index is 1140. The number of likely N-dealkylation sites (tertiary alicyclic amines) is 1. The Hall–Kier alpha value is -1.62. The molecule has 5 atom stereocenters. The van der Waals surface area contributed by atoms with Gasteiger partial charge in [-0.15, -0.1) is 18.5 Å². The van der Waals surface area contributed by atoms with E-state index >= 15 is 0 Å². The van der Waals surface area contributed by atoms with Crippen LogP contribution in [0.3, 0.4) is 0 Å². The van der Waals surface area contributed by atoms with Crippen LogP contribution < -0.4 is 5.32 Å². The predicted molar refractivity (Wildman–Crippen MR) is 166 cm³/mol.